The van der Waals surface area contributed by atoms with Gasteiger partial charge in [0.2, 0.25) is 0 Å². The summed E-state index contributed by atoms with van der Waals surface area (Å²) >= 11 is 5.97. The summed E-state index contributed by atoms with van der Waals surface area (Å²) in [5.41, 5.74) is 3.21. The Morgan fingerprint density at radius 1 is 1.11 bits per heavy atom. The summed E-state index contributed by atoms with van der Waals surface area (Å²) in [6, 6.07) is 14.2. The van der Waals surface area contributed by atoms with E-state index in [0.29, 0.717) is 29.4 Å². The Bertz CT molecular complexity index is 938. The van der Waals surface area contributed by atoms with E-state index in [0.717, 1.165) is 23.3 Å². The van der Waals surface area contributed by atoms with Gasteiger partial charge in [0, 0.05) is 11.6 Å². The molecular formula is C21H20ClN3O3. The number of carbonyl (C=O) groups excluding carboxylic acids is 2. The predicted molar refractivity (Wildman–Crippen MR) is 106 cm³/mol. The van der Waals surface area contributed by atoms with Gasteiger partial charge in [-0.05, 0) is 41.8 Å². The topological polar surface area (TPSA) is 70.7 Å². The van der Waals surface area contributed by atoms with E-state index in [4.69, 9.17) is 16.3 Å². The summed E-state index contributed by atoms with van der Waals surface area (Å²) in [7, 11) is 1.63. The van der Waals surface area contributed by atoms with Crippen molar-refractivity contribution in [3.8, 4) is 5.75 Å². The van der Waals surface area contributed by atoms with Crippen LogP contribution in [0.15, 0.2) is 59.8 Å². The van der Waals surface area contributed by atoms with Crippen LogP contribution in [-0.2, 0) is 11.2 Å². The Balaban J connectivity index is 1.50. The van der Waals surface area contributed by atoms with Gasteiger partial charge in [-0.3, -0.25) is 4.79 Å². The highest BCUT2D eigenvalue weighted by molar-refractivity contribution is 6.30. The number of hydrogen-bond acceptors (Lipinski definition) is 3. The van der Waals surface area contributed by atoms with Crippen LogP contribution in [0.2, 0.25) is 5.02 Å². The zero-order valence-corrected chi connectivity index (χ0v) is 16.1. The van der Waals surface area contributed by atoms with Crippen molar-refractivity contribution in [3.63, 3.8) is 0 Å². The summed E-state index contributed by atoms with van der Waals surface area (Å²) in [6.45, 7) is 0.975. The molecule has 7 heteroatoms. The summed E-state index contributed by atoms with van der Waals surface area (Å²) in [5.74, 6) is 0.744. The number of halogens is 1. The van der Waals surface area contributed by atoms with Crippen molar-refractivity contribution < 1.29 is 14.3 Å². The van der Waals surface area contributed by atoms with Crippen molar-refractivity contribution in [2.45, 2.75) is 12.5 Å². The first kappa shape index (κ1) is 18.4. The minimum atomic E-state index is -0.473. The molecule has 2 aromatic rings. The van der Waals surface area contributed by atoms with Crippen LogP contribution in [0.25, 0.3) is 0 Å². The number of nitrogens with one attached hydrogen (secondary N) is 2. The molecule has 0 radical (unpaired) electrons. The van der Waals surface area contributed by atoms with Gasteiger partial charge < -0.3 is 20.3 Å². The van der Waals surface area contributed by atoms with E-state index in [-0.39, 0.29) is 11.9 Å². The fourth-order valence-electron chi connectivity index (χ4n) is 3.57. The lowest BCUT2D eigenvalue weighted by Gasteiger charge is -2.25. The molecule has 1 atom stereocenters. The molecule has 144 valence electrons. The number of rotatable bonds is 5. The molecule has 28 heavy (non-hydrogen) atoms. The summed E-state index contributed by atoms with van der Waals surface area (Å²) < 4.78 is 5.17. The molecule has 0 aliphatic carbocycles. The highest BCUT2D eigenvalue weighted by Crippen LogP contribution is 2.33. The van der Waals surface area contributed by atoms with E-state index in [1.165, 1.54) is 0 Å². The van der Waals surface area contributed by atoms with Gasteiger partial charge in [0.05, 0.1) is 31.0 Å². The second-order valence-corrected chi connectivity index (χ2v) is 7.24. The molecule has 1 unspecified atom stereocenters. The van der Waals surface area contributed by atoms with Crippen LogP contribution in [0, 0.1) is 0 Å². The minimum absolute atomic E-state index is 0.0593. The van der Waals surface area contributed by atoms with E-state index in [9.17, 15) is 9.59 Å². The average Bonchev–Trinajstić information content (AvgIpc) is 3.02. The van der Waals surface area contributed by atoms with Crippen molar-refractivity contribution in [2.24, 2.45) is 0 Å². The Labute approximate surface area is 168 Å². The molecule has 0 fully saturated rings. The quantitative estimate of drug-likeness (QED) is 0.814. The number of carbonyl (C=O) groups is 2. The lowest BCUT2D eigenvalue weighted by atomic mass is 9.96. The van der Waals surface area contributed by atoms with Crippen molar-refractivity contribution >= 4 is 23.5 Å². The van der Waals surface area contributed by atoms with Gasteiger partial charge in [0.1, 0.15) is 5.75 Å². The van der Waals surface area contributed by atoms with Crippen LogP contribution < -0.4 is 15.4 Å². The number of methoxy groups -OCH3 is 1. The van der Waals surface area contributed by atoms with Crippen LogP contribution in [0.4, 0.5) is 4.79 Å². The molecule has 0 bridgehead atoms. The number of ether oxygens (including phenoxy) is 1. The zero-order valence-electron chi connectivity index (χ0n) is 15.4. The number of benzene rings is 2. The highest BCUT2D eigenvalue weighted by Gasteiger charge is 2.40. The van der Waals surface area contributed by atoms with Crippen LogP contribution in [0.5, 0.6) is 5.75 Å². The van der Waals surface area contributed by atoms with Crippen molar-refractivity contribution in [3.05, 3.63) is 76.0 Å². The second-order valence-electron chi connectivity index (χ2n) is 6.80. The third-order valence-corrected chi connectivity index (χ3v) is 5.31. The lowest BCUT2D eigenvalue weighted by Crippen LogP contribution is -2.44. The molecule has 6 nitrogen and oxygen atoms in total. The molecule has 4 rings (SSSR count). The van der Waals surface area contributed by atoms with E-state index >= 15 is 0 Å². The molecule has 2 heterocycles. The lowest BCUT2D eigenvalue weighted by molar-refractivity contribution is -0.125. The molecule has 0 saturated heterocycles. The van der Waals surface area contributed by atoms with E-state index < -0.39 is 6.04 Å². The smallest absolute Gasteiger partial charge is 0.319 e. The summed E-state index contributed by atoms with van der Waals surface area (Å²) in [5, 5.41) is 6.24. The minimum Gasteiger partial charge on any atom is -0.497 e. The molecule has 0 aromatic heterocycles. The first-order valence-electron chi connectivity index (χ1n) is 9.03. The first-order valence-corrected chi connectivity index (χ1v) is 9.41. The molecule has 2 aromatic carbocycles. The Morgan fingerprint density at radius 2 is 1.82 bits per heavy atom. The van der Waals surface area contributed by atoms with Crippen LogP contribution in [-0.4, -0.2) is 37.0 Å². The molecule has 2 aliphatic heterocycles. The standard InChI is InChI=1S/C21H20ClN3O3/c1-28-16-8-2-13(3-9-16)10-11-25-12-17-18(20(25)26)19(24-21(27)23-17)14-4-6-15(22)7-5-14/h2-9,19H,10-12H2,1H3,(H2,23,24,27). The normalized spacial score (nSPS) is 18.6. The van der Waals surface area contributed by atoms with Crippen molar-refractivity contribution in [1.29, 1.82) is 0 Å². The average molecular weight is 398 g/mol. The second kappa shape index (κ2) is 7.56. The molecule has 2 N–H and O–H groups in total. The van der Waals surface area contributed by atoms with E-state index in [2.05, 4.69) is 10.6 Å². The van der Waals surface area contributed by atoms with Gasteiger partial charge in [-0.15, -0.1) is 0 Å². The van der Waals surface area contributed by atoms with Gasteiger partial charge in [-0.2, -0.15) is 0 Å². The van der Waals surface area contributed by atoms with Gasteiger partial charge in [0.15, 0.2) is 0 Å². The summed E-state index contributed by atoms with van der Waals surface area (Å²) in [6.07, 6.45) is 0.725. The fourth-order valence-corrected chi connectivity index (χ4v) is 3.70. The Hall–Kier alpha value is -2.99. The molecule has 2 aliphatic rings. The number of nitrogens with zero attached hydrogens (tertiary/aromatic N) is 1. The Morgan fingerprint density at radius 3 is 2.50 bits per heavy atom. The third-order valence-electron chi connectivity index (χ3n) is 5.05. The predicted octanol–water partition coefficient (Wildman–Crippen LogP) is 3.04. The van der Waals surface area contributed by atoms with Crippen LogP contribution in [0.1, 0.15) is 17.2 Å². The Kier molecular flexibility index (Phi) is 4.96. The van der Waals surface area contributed by atoms with Gasteiger partial charge in [-0.1, -0.05) is 35.9 Å². The maximum Gasteiger partial charge on any atom is 0.319 e. The zero-order chi connectivity index (χ0) is 19.7. The van der Waals surface area contributed by atoms with Crippen molar-refractivity contribution in [2.75, 3.05) is 20.2 Å². The van der Waals surface area contributed by atoms with Crippen LogP contribution in [0.3, 0.4) is 0 Å². The number of hydrogen-bond donors (Lipinski definition) is 2. The number of amides is 3. The fraction of sp³-hybridized carbons (Fsp3) is 0.238. The van der Waals surface area contributed by atoms with Gasteiger partial charge in [-0.25, -0.2) is 4.79 Å². The summed E-state index contributed by atoms with van der Waals surface area (Å²) in [4.78, 5) is 26.9. The maximum absolute atomic E-state index is 13.0. The van der Waals surface area contributed by atoms with Gasteiger partial charge in [0.25, 0.3) is 5.91 Å². The van der Waals surface area contributed by atoms with Crippen molar-refractivity contribution in [1.82, 2.24) is 15.5 Å². The first-order chi connectivity index (χ1) is 13.5. The maximum atomic E-state index is 13.0. The van der Waals surface area contributed by atoms with Gasteiger partial charge >= 0.3 is 6.03 Å². The highest BCUT2D eigenvalue weighted by atomic mass is 35.5. The SMILES string of the molecule is COc1ccc(CCN2CC3=C(C2=O)C(c2ccc(Cl)cc2)NC(=O)N3)cc1. The van der Waals surface area contributed by atoms with E-state index in [1.54, 1.807) is 24.1 Å². The van der Waals surface area contributed by atoms with Crippen LogP contribution >= 0.6 is 11.6 Å². The molecular weight excluding hydrogens is 378 g/mol. The molecule has 0 spiro atoms. The molecule has 3 amide bonds. The van der Waals surface area contributed by atoms with E-state index in [1.807, 2.05) is 36.4 Å². The monoisotopic (exact) mass is 397 g/mol. The largest absolute Gasteiger partial charge is 0.497 e. The molecule has 0 saturated carbocycles. The third kappa shape index (κ3) is 3.55. The number of urea groups is 1.